The molecule has 2 heterocycles. The van der Waals surface area contributed by atoms with Crippen LogP contribution in [0, 0.1) is 0 Å². The highest BCUT2D eigenvalue weighted by atomic mass is 35.5. The van der Waals surface area contributed by atoms with E-state index in [1.54, 1.807) is 36.7 Å². The molecular formula is C18H16Cl2N2O2. The predicted molar refractivity (Wildman–Crippen MR) is 100 cm³/mol. The number of aromatic nitrogens is 1. The van der Waals surface area contributed by atoms with Gasteiger partial charge in [0.05, 0.1) is 5.56 Å². The zero-order valence-corrected chi connectivity index (χ0v) is 14.2. The van der Waals surface area contributed by atoms with Gasteiger partial charge in [-0.1, -0.05) is 12.1 Å². The normalized spacial score (nSPS) is 14.0. The van der Waals surface area contributed by atoms with Crippen molar-refractivity contribution >= 4 is 42.4 Å². The molecule has 0 saturated heterocycles. The highest BCUT2D eigenvalue weighted by molar-refractivity contribution is 5.88. The number of nitrogens with zero attached hydrogens (tertiary/aromatic N) is 1. The molecule has 24 heavy (non-hydrogen) atoms. The second kappa shape index (κ2) is 8.91. The summed E-state index contributed by atoms with van der Waals surface area (Å²) in [7, 11) is 0. The van der Waals surface area contributed by atoms with Crippen molar-refractivity contribution in [1.82, 2.24) is 10.3 Å². The van der Waals surface area contributed by atoms with E-state index >= 15 is 0 Å². The Morgan fingerprint density at radius 3 is 2.33 bits per heavy atom. The minimum Gasteiger partial charge on any atom is -0.478 e. The number of carbonyl (C=O) groups is 1. The quantitative estimate of drug-likeness (QED) is 0.860. The van der Waals surface area contributed by atoms with Gasteiger partial charge in [0.25, 0.3) is 0 Å². The summed E-state index contributed by atoms with van der Waals surface area (Å²) in [5.41, 5.74) is 4.35. The number of carboxylic acids is 1. The second-order valence-electron chi connectivity index (χ2n) is 4.84. The van der Waals surface area contributed by atoms with Crippen LogP contribution in [-0.2, 0) is 0 Å². The summed E-state index contributed by atoms with van der Waals surface area (Å²) in [4.78, 5) is 14.9. The Morgan fingerprint density at radius 2 is 1.71 bits per heavy atom. The third kappa shape index (κ3) is 4.72. The number of hydrogen-bond acceptors (Lipinski definition) is 3. The van der Waals surface area contributed by atoms with Gasteiger partial charge in [-0.2, -0.15) is 0 Å². The number of allylic oxidation sites excluding steroid dienone is 3. The van der Waals surface area contributed by atoms with E-state index in [0.29, 0.717) is 0 Å². The number of rotatable bonds is 3. The SMILES string of the molecule is Cl.Cl.O=C(O)c1ccc(C=C2C=C(c3ccncc3)C=CN2)cc1. The number of nitrogens with one attached hydrogen (secondary N) is 1. The van der Waals surface area contributed by atoms with E-state index in [1.807, 2.05) is 36.6 Å². The Bertz CT molecular complexity index is 782. The summed E-state index contributed by atoms with van der Waals surface area (Å²) in [6.07, 6.45) is 11.4. The lowest BCUT2D eigenvalue weighted by atomic mass is 10.0. The third-order valence-corrected chi connectivity index (χ3v) is 3.32. The van der Waals surface area contributed by atoms with Gasteiger partial charge in [0, 0.05) is 24.3 Å². The van der Waals surface area contributed by atoms with E-state index in [9.17, 15) is 4.79 Å². The molecule has 1 aliphatic heterocycles. The van der Waals surface area contributed by atoms with Crippen molar-refractivity contribution in [1.29, 1.82) is 0 Å². The number of aromatic carboxylic acids is 1. The second-order valence-corrected chi connectivity index (χ2v) is 4.84. The first-order valence-electron chi connectivity index (χ1n) is 6.82. The molecule has 0 radical (unpaired) electrons. The number of carboxylic acid groups (broad SMARTS) is 1. The van der Waals surface area contributed by atoms with Crippen molar-refractivity contribution in [3.63, 3.8) is 0 Å². The van der Waals surface area contributed by atoms with Gasteiger partial charge in [-0.25, -0.2) is 4.79 Å². The molecule has 6 heteroatoms. The van der Waals surface area contributed by atoms with Gasteiger partial charge in [0.2, 0.25) is 0 Å². The van der Waals surface area contributed by atoms with Gasteiger partial charge in [-0.15, -0.1) is 24.8 Å². The summed E-state index contributed by atoms with van der Waals surface area (Å²) >= 11 is 0. The smallest absolute Gasteiger partial charge is 0.335 e. The Hall–Kier alpha value is -2.56. The molecule has 2 aromatic rings. The Morgan fingerprint density at radius 1 is 1.04 bits per heavy atom. The largest absolute Gasteiger partial charge is 0.478 e. The highest BCUT2D eigenvalue weighted by Gasteiger charge is 2.05. The van der Waals surface area contributed by atoms with Crippen LogP contribution in [0.4, 0.5) is 0 Å². The molecule has 124 valence electrons. The van der Waals surface area contributed by atoms with E-state index < -0.39 is 5.97 Å². The van der Waals surface area contributed by atoms with Crippen molar-refractivity contribution in [2.24, 2.45) is 0 Å². The fourth-order valence-electron chi connectivity index (χ4n) is 2.19. The van der Waals surface area contributed by atoms with Crippen LogP contribution in [0.25, 0.3) is 11.6 Å². The zero-order valence-electron chi connectivity index (χ0n) is 12.5. The molecule has 0 fully saturated rings. The average Bonchev–Trinajstić information content (AvgIpc) is 2.56. The van der Waals surface area contributed by atoms with Gasteiger partial charge in [0.1, 0.15) is 0 Å². The van der Waals surface area contributed by atoms with E-state index in [2.05, 4.69) is 10.3 Å². The molecule has 0 aliphatic carbocycles. The van der Waals surface area contributed by atoms with Crippen molar-refractivity contribution in [3.8, 4) is 0 Å². The molecular weight excluding hydrogens is 347 g/mol. The van der Waals surface area contributed by atoms with Crippen LogP contribution in [0.1, 0.15) is 21.5 Å². The topological polar surface area (TPSA) is 62.2 Å². The maximum Gasteiger partial charge on any atom is 0.335 e. The standard InChI is InChI=1S/C18H14N2O2.2ClH/c21-18(22)15-3-1-13(2-4-15)11-17-12-16(7-10-20-17)14-5-8-19-9-6-14;;/h1-12,20H,(H,21,22);2*1H. The molecule has 1 aromatic carbocycles. The molecule has 0 atom stereocenters. The van der Waals surface area contributed by atoms with E-state index in [0.717, 1.165) is 22.4 Å². The van der Waals surface area contributed by atoms with Crippen LogP contribution in [0.2, 0.25) is 0 Å². The Kier molecular flexibility index (Phi) is 7.24. The van der Waals surface area contributed by atoms with Crippen LogP contribution < -0.4 is 5.32 Å². The summed E-state index contributed by atoms with van der Waals surface area (Å²) in [5, 5.41) is 12.1. The number of dihydropyridines is 1. The van der Waals surface area contributed by atoms with E-state index in [4.69, 9.17) is 5.11 Å². The van der Waals surface area contributed by atoms with Gasteiger partial charge in [-0.3, -0.25) is 4.98 Å². The maximum absolute atomic E-state index is 10.9. The third-order valence-electron chi connectivity index (χ3n) is 3.32. The van der Waals surface area contributed by atoms with Crippen molar-refractivity contribution in [2.75, 3.05) is 0 Å². The molecule has 1 aliphatic rings. The first-order chi connectivity index (χ1) is 10.7. The van der Waals surface area contributed by atoms with Gasteiger partial charge < -0.3 is 10.4 Å². The molecule has 0 amide bonds. The van der Waals surface area contributed by atoms with E-state index in [-0.39, 0.29) is 30.4 Å². The van der Waals surface area contributed by atoms with Crippen molar-refractivity contribution < 1.29 is 9.90 Å². The van der Waals surface area contributed by atoms with Crippen molar-refractivity contribution in [3.05, 3.63) is 89.5 Å². The lowest BCUT2D eigenvalue weighted by Crippen LogP contribution is -2.06. The Balaban J connectivity index is 0.00000144. The molecule has 0 unspecified atom stereocenters. The number of benzene rings is 1. The Labute approximate surface area is 152 Å². The predicted octanol–water partition coefficient (Wildman–Crippen LogP) is 4.16. The van der Waals surface area contributed by atoms with Gasteiger partial charge in [0.15, 0.2) is 0 Å². The lowest BCUT2D eigenvalue weighted by molar-refractivity contribution is 0.0697. The number of pyridine rings is 1. The molecule has 2 N–H and O–H groups in total. The van der Waals surface area contributed by atoms with Crippen LogP contribution in [0.3, 0.4) is 0 Å². The average molecular weight is 363 g/mol. The summed E-state index contributed by atoms with van der Waals surface area (Å²) in [6.45, 7) is 0. The summed E-state index contributed by atoms with van der Waals surface area (Å²) in [5.74, 6) is -0.919. The monoisotopic (exact) mass is 362 g/mol. The molecule has 0 saturated carbocycles. The molecule has 4 nitrogen and oxygen atoms in total. The zero-order chi connectivity index (χ0) is 15.4. The van der Waals surface area contributed by atoms with Crippen LogP contribution in [-0.4, -0.2) is 16.1 Å². The highest BCUT2D eigenvalue weighted by Crippen LogP contribution is 2.20. The number of halogens is 2. The summed E-state index contributed by atoms with van der Waals surface area (Å²) < 4.78 is 0. The minimum atomic E-state index is -0.919. The van der Waals surface area contributed by atoms with Crippen LogP contribution in [0.15, 0.2) is 72.8 Å². The summed E-state index contributed by atoms with van der Waals surface area (Å²) in [6, 6.07) is 10.7. The lowest BCUT2D eigenvalue weighted by Gasteiger charge is -2.12. The number of hydrogen-bond donors (Lipinski definition) is 2. The van der Waals surface area contributed by atoms with Gasteiger partial charge >= 0.3 is 5.97 Å². The first-order valence-corrected chi connectivity index (χ1v) is 6.82. The van der Waals surface area contributed by atoms with Crippen LogP contribution in [0.5, 0.6) is 0 Å². The molecule has 1 aromatic heterocycles. The molecule has 3 rings (SSSR count). The fourth-order valence-corrected chi connectivity index (χ4v) is 2.19. The minimum absolute atomic E-state index is 0. The first kappa shape index (κ1) is 19.5. The fraction of sp³-hybridized carbons (Fsp3) is 0. The van der Waals surface area contributed by atoms with Crippen molar-refractivity contribution in [2.45, 2.75) is 0 Å². The van der Waals surface area contributed by atoms with E-state index in [1.165, 1.54) is 0 Å². The molecule has 0 bridgehead atoms. The van der Waals surface area contributed by atoms with Gasteiger partial charge in [-0.05, 0) is 59.2 Å². The molecule has 0 spiro atoms. The maximum atomic E-state index is 10.9. The van der Waals surface area contributed by atoms with Crippen LogP contribution >= 0.6 is 24.8 Å².